The Morgan fingerprint density at radius 3 is 2.04 bits per heavy atom. The lowest BCUT2D eigenvalue weighted by Gasteiger charge is -2.08. The fourth-order valence-electron chi connectivity index (χ4n) is 2.25. The highest BCUT2D eigenvalue weighted by molar-refractivity contribution is 6.44. The molecule has 0 radical (unpaired) electrons. The second-order valence-corrected chi connectivity index (χ2v) is 5.61. The van der Waals surface area contributed by atoms with Gasteiger partial charge in [0.15, 0.2) is 0 Å². The normalized spacial score (nSPS) is 10.4. The number of nitrogens with two attached hydrogens (primary N) is 1. The predicted octanol–water partition coefficient (Wildman–Crippen LogP) is 3.65. The van der Waals surface area contributed by atoms with Gasteiger partial charge < -0.3 is 16.4 Å². The van der Waals surface area contributed by atoms with Gasteiger partial charge in [0, 0.05) is 11.4 Å². The highest BCUT2D eigenvalue weighted by Gasteiger charge is 2.14. The van der Waals surface area contributed by atoms with E-state index in [1.165, 1.54) is 6.07 Å². The second-order valence-electron chi connectivity index (χ2n) is 5.21. The largest absolute Gasteiger partial charge is 0.398 e. The summed E-state index contributed by atoms with van der Waals surface area (Å²) in [4.78, 5) is 24.0. The van der Waals surface area contributed by atoms with Gasteiger partial charge in [-0.1, -0.05) is 41.9 Å². The van der Waals surface area contributed by atoms with E-state index in [0.717, 1.165) is 10.8 Å². The fraction of sp³-hybridized carbons (Fsp3) is 0. The molecule has 0 aromatic heterocycles. The Kier molecular flexibility index (Phi) is 4.35. The van der Waals surface area contributed by atoms with Gasteiger partial charge in [0.25, 0.3) is 0 Å². The zero-order valence-electron chi connectivity index (χ0n) is 12.5. The molecule has 0 atom stereocenters. The van der Waals surface area contributed by atoms with E-state index in [1.54, 1.807) is 24.3 Å². The first-order valence-corrected chi connectivity index (χ1v) is 7.57. The van der Waals surface area contributed by atoms with Gasteiger partial charge in [0.2, 0.25) is 0 Å². The van der Waals surface area contributed by atoms with Crippen LogP contribution in [0.2, 0.25) is 5.02 Å². The molecule has 2 amide bonds. The molecule has 3 aromatic carbocycles. The Hall–Kier alpha value is -3.05. The molecular formula is C18H14ClN3O2. The first-order chi connectivity index (χ1) is 11.5. The van der Waals surface area contributed by atoms with Crippen molar-refractivity contribution in [1.29, 1.82) is 0 Å². The van der Waals surface area contributed by atoms with E-state index in [-0.39, 0.29) is 0 Å². The topological polar surface area (TPSA) is 84.2 Å². The zero-order valence-corrected chi connectivity index (χ0v) is 13.3. The monoisotopic (exact) mass is 339 g/mol. The van der Waals surface area contributed by atoms with E-state index in [0.29, 0.717) is 22.1 Å². The Morgan fingerprint density at radius 1 is 0.792 bits per heavy atom. The Balaban J connectivity index is 1.70. The lowest BCUT2D eigenvalue weighted by Crippen LogP contribution is -2.29. The lowest BCUT2D eigenvalue weighted by molar-refractivity contribution is -0.132. The van der Waals surface area contributed by atoms with Crippen LogP contribution in [0.15, 0.2) is 60.7 Å². The Labute approximate surface area is 143 Å². The molecule has 0 aliphatic rings. The highest BCUT2D eigenvalue weighted by Crippen LogP contribution is 2.23. The predicted molar refractivity (Wildman–Crippen MR) is 97.1 cm³/mol. The number of hydrogen-bond acceptors (Lipinski definition) is 3. The number of amides is 2. The molecule has 0 saturated carbocycles. The van der Waals surface area contributed by atoms with Crippen molar-refractivity contribution in [1.82, 2.24) is 0 Å². The number of carbonyl (C=O) groups is 2. The van der Waals surface area contributed by atoms with Crippen LogP contribution in [0.25, 0.3) is 10.8 Å². The molecular weight excluding hydrogens is 326 g/mol. The third kappa shape index (κ3) is 3.47. The molecule has 0 unspecified atom stereocenters. The fourth-order valence-corrected chi connectivity index (χ4v) is 2.43. The molecule has 4 N–H and O–H groups in total. The van der Waals surface area contributed by atoms with Gasteiger partial charge >= 0.3 is 11.8 Å². The van der Waals surface area contributed by atoms with Crippen LogP contribution < -0.4 is 16.4 Å². The summed E-state index contributed by atoms with van der Waals surface area (Å²) in [5.74, 6) is -1.55. The number of hydrogen-bond donors (Lipinski definition) is 3. The SMILES string of the molecule is Nc1ccc(NC(=O)C(=O)Nc2ccc3ccccc3c2)cc1Cl. The van der Waals surface area contributed by atoms with Crippen LogP contribution >= 0.6 is 11.6 Å². The van der Waals surface area contributed by atoms with E-state index < -0.39 is 11.8 Å². The highest BCUT2D eigenvalue weighted by atomic mass is 35.5. The molecule has 0 heterocycles. The maximum absolute atomic E-state index is 12.0. The van der Waals surface area contributed by atoms with Crippen LogP contribution in [0.3, 0.4) is 0 Å². The van der Waals surface area contributed by atoms with Crippen molar-refractivity contribution in [2.75, 3.05) is 16.4 Å². The summed E-state index contributed by atoms with van der Waals surface area (Å²) < 4.78 is 0. The maximum Gasteiger partial charge on any atom is 0.314 e. The molecule has 0 aliphatic carbocycles. The van der Waals surface area contributed by atoms with Crippen LogP contribution in [0, 0.1) is 0 Å². The number of halogens is 1. The van der Waals surface area contributed by atoms with Crippen molar-refractivity contribution < 1.29 is 9.59 Å². The van der Waals surface area contributed by atoms with E-state index in [1.807, 2.05) is 30.3 Å². The average molecular weight is 340 g/mol. The van der Waals surface area contributed by atoms with Gasteiger partial charge in [-0.25, -0.2) is 0 Å². The minimum absolute atomic E-state index is 0.308. The van der Waals surface area contributed by atoms with Crippen LogP contribution in [0.1, 0.15) is 0 Å². The molecule has 24 heavy (non-hydrogen) atoms. The number of benzene rings is 3. The average Bonchev–Trinajstić information content (AvgIpc) is 2.58. The Morgan fingerprint density at radius 2 is 1.38 bits per heavy atom. The quantitative estimate of drug-likeness (QED) is 0.492. The number of carbonyl (C=O) groups excluding carboxylic acids is 2. The van der Waals surface area contributed by atoms with Crippen molar-refractivity contribution in [3.8, 4) is 0 Å². The molecule has 0 spiro atoms. The first-order valence-electron chi connectivity index (χ1n) is 7.19. The molecule has 0 fully saturated rings. The third-order valence-corrected chi connectivity index (χ3v) is 3.80. The molecule has 5 nitrogen and oxygen atoms in total. The summed E-state index contributed by atoms with van der Waals surface area (Å²) in [7, 11) is 0. The smallest absolute Gasteiger partial charge is 0.314 e. The number of nitrogens with one attached hydrogen (secondary N) is 2. The van der Waals surface area contributed by atoms with Crippen molar-refractivity contribution >= 4 is 51.2 Å². The van der Waals surface area contributed by atoms with E-state index in [4.69, 9.17) is 17.3 Å². The molecule has 0 aliphatic heterocycles. The summed E-state index contributed by atoms with van der Waals surface area (Å²) in [5, 5.41) is 7.38. The summed E-state index contributed by atoms with van der Waals surface area (Å²) in [6.07, 6.45) is 0. The van der Waals surface area contributed by atoms with Gasteiger partial charge in [-0.3, -0.25) is 9.59 Å². The number of rotatable bonds is 2. The third-order valence-electron chi connectivity index (χ3n) is 3.47. The van der Waals surface area contributed by atoms with Crippen LogP contribution in [0.4, 0.5) is 17.1 Å². The van der Waals surface area contributed by atoms with Crippen molar-refractivity contribution in [2.24, 2.45) is 0 Å². The van der Waals surface area contributed by atoms with Gasteiger partial charge in [-0.05, 0) is 41.1 Å². The lowest BCUT2D eigenvalue weighted by atomic mass is 10.1. The summed E-state index contributed by atoms with van der Waals surface area (Å²) in [5.41, 5.74) is 6.94. The first kappa shape index (κ1) is 15.8. The minimum atomic E-state index is -0.788. The van der Waals surface area contributed by atoms with Crippen LogP contribution in [0.5, 0.6) is 0 Å². The standard InChI is InChI=1S/C18H14ClN3O2/c19-15-10-14(7-8-16(15)20)22-18(24)17(23)21-13-6-5-11-3-1-2-4-12(11)9-13/h1-10H,20H2,(H,21,23)(H,22,24). The summed E-state index contributed by atoms with van der Waals surface area (Å²) >= 11 is 5.89. The Bertz CT molecular complexity index is 940. The maximum atomic E-state index is 12.0. The summed E-state index contributed by atoms with van der Waals surface area (Å²) in [6, 6.07) is 17.8. The molecule has 6 heteroatoms. The van der Waals surface area contributed by atoms with E-state index in [2.05, 4.69) is 10.6 Å². The summed E-state index contributed by atoms with van der Waals surface area (Å²) in [6.45, 7) is 0. The van der Waals surface area contributed by atoms with Crippen LogP contribution in [-0.2, 0) is 9.59 Å². The molecule has 3 rings (SSSR count). The van der Waals surface area contributed by atoms with Crippen molar-refractivity contribution in [2.45, 2.75) is 0 Å². The zero-order chi connectivity index (χ0) is 17.1. The van der Waals surface area contributed by atoms with E-state index >= 15 is 0 Å². The number of nitrogen functional groups attached to an aromatic ring is 1. The van der Waals surface area contributed by atoms with Gasteiger partial charge in [-0.15, -0.1) is 0 Å². The van der Waals surface area contributed by atoms with E-state index in [9.17, 15) is 9.59 Å². The number of fused-ring (bicyclic) bond motifs is 1. The van der Waals surface area contributed by atoms with Crippen LogP contribution in [-0.4, -0.2) is 11.8 Å². The second kappa shape index (κ2) is 6.60. The van der Waals surface area contributed by atoms with Gasteiger partial charge in [-0.2, -0.15) is 0 Å². The van der Waals surface area contributed by atoms with Gasteiger partial charge in [0.1, 0.15) is 0 Å². The van der Waals surface area contributed by atoms with Crippen molar-refractivity contribution in [3.63, 3.8) is 0 Å². The molecule has 0 saturated heterocycles. The van der Waals surface area contributed by atoms with Crippen molar-refractivity contribution in [3.05, 3.63) is 65.7 Å². The molecule has 3 aromatic rings. The minimum Gasteiger partial charge on any atom is -0.398 e. The van der Waals surface area contributed by atoms with Gasteiger partial charge in [0.05, 0.1) is 10.7 Å². The molecule has 120 valence electrons. The number of anilines is 3. The molecule has 0 bridgehead atoms.